The molecule has 1 aliphatic heterocycles. The molecule has 118 valence electrons. The molecule has 1 aliphatic rings. The second-order valence-electron chi connectivity index (χ2n) is 6.86. The van der Waals surface area contributed by atoms with Gasteiger partial charge in [0.25, 0.3) is 0 Å². The van der Waals surface area contributed by atoms with Crippen molar-refractivity contribution in [2.45, 2.75) is 53.0 Å². The van der Waals surface area contributed by atoms with Crippen molar-refractivity contribution in [2.24, 2.45) is 11.3 Å². The van der Waals surface area contributed by atoms with E-state index in [4.69, 9.17) is 4.74 Å². The number of piperidine rings is 1. The van der Waals surface area contributed by atoms with E-state index in [9.17, 15) is 4.79 Å². The maximum Gasteiger partial charge on any atom is 0.323 e. The van der Waals surface area contributed by atoms with E-state index in [0.717, 1.165) is 32.0 Å². The zero-order valence-corrected chi connectivity index (χ0v) is 13.9. The van der Waals surface area contributed by atoms with Gasteiger partial charge in [-0.1, -0.05) is 20.8 Å². The van der Waals surface area contributed by atoms with Crippen LogP contribution in [0.15, 0.2) is 0 Å². The average Bonchev–Trinajstić information content (AvgIpc) is 2.39. The fourth-order valence-corrected chi connectivity index (χ4v) is 2.96. The molecule has 1 heterocycles. The predicted molar refractivity (Wildman–Crippen MR) is 82.7 cm³/mol. The number of likely N-dealkylation sites (N-methyl/N-ethyl adjacent to an activating group) is 1. The molecule has 0 aromatic heterocycles. The Morgan fingerprint density at radius 1 is 1.35 bits per heavy atom. The molecule has 1 saturated heterocycles. The molecule has 1 N–H and O–H groups in total. The normalized spacial score (nSPS) is 19.9. The zero-order chi connectivity index (χ0) is 15.2. The van der Waals surface area contributed by atoms with Crippen molar-refractivity contribution in [1.29, 1.82) is 0 Å². The van der Waals surface area contributed by atoms with Crippen LogP contribution in [0.4, 0.5) is 0 Å². The van der Waals surface area contributed by atoms with E-state index in [1.54, 1.807) is 0 Å². The van der Waals surface area contributed by atoms with Gasteiger partial charge in [-0.2, -0.15) is 0 Å². The minimum atomic E-state index is -0.171. The minimum absolute atomic E-state index is 0.125. The number of carbonyl (C=O) groups excluding carboxylic acids is 1. The van der Waals surface area contributed by atoms with Crippen LogP contribution in [0.25, 0.3) is 0 Å². The van der Waals surface area contributed by atoms with Gasteiger partial charge < -0.3 is 15.0 Å². The highest BCUT2D eigenvalue weighted by Crippen LogP contribution is 2.34. The highest BCUT2D eigenvalue weighted by molar-refractivity contribution is 5.75. The molecule has 0 spiro atoms. The Kier molecular flexibility index (Phi) is 6.96. The molecule has 0 aromatic rings. The van der Waals surface area contributed by atoms with E-state index < -0.39 is 0 Å². The Morgan fingerprint density at radius 2 is 1.95 bits per heavy atom. The SMILES string of the molecule is CCOC(=O)C(CCN1CCC(C(C)(C)C)CC1)NC. The summed E-state index contributed by atoms with van der Waals surface area (Å²) >= 11 is 0. The summed E-state index contributed by atoms with van der Waals surface area (Å²) in [4.78, 5) is 14.2. The van der Waals surface area contributed by atoms with E-state index in [-0.39, 0.29) is 12.0 Å². The Labute approximate surface area is 124 Å². The molecule has 1 rings (SSSR count). The van der Waals surface area contributed by atoms with E-state index in [1.165, 1.54) is 12.8 Å². The second kappa shape index (κ2) is 7.99. The van der Waals surface area contributed by atoms with Gasteiger partial charge in [0.1, 0.15) is 6.04 Å². The molecule has 1 atom stereocenters. The van der Waals surface area contributed by atoms with Gasteiger partial charge in [0, 0.05) is 6.54 Å². The third kappa shape index (κ3) is 5.41. The van der Waals surface area contributed by atoms with Gasteiger partial charge >= 0.3 is 5.97 Å². The number of nitrogens with zero attached hydrogens (tertiary/aromatic N) is 1. The molecule has 0 radical (unpaired) electrons. The first-order valence-corrected chi connectivity index (χ1v) is 7.94. The number of ether oxygens (including phenoxy) is 1. The lowest BCUT2D eigenvalue weighted by molar-refractivity contribution is -0.145. The summed E-state index contributed by atoms with van der Waals surface area (Å²) in [6.07, 6.45) is 3.37. The fourth-order valence-electron chi connectivity index (χ4n) is 2.96. The Morgan fingerprint density at radius 3 is 2.40 bits per heavy atom. The van der Waals surface area contributed by atoms with Crippen molar-refractivity contribution in [3.05, 3.63) is 0 Å². The first-order chi connectivity index (χ1) is 9.38. The molecule has 0 bridgehead atoms. The minimum Gasteiger partial charge on any atom is -0.465 e. The van der Waals surface area contributed by atoms with Crippen molar-refractivity contribution in [3.8, 4) is 0 Å². The summed E-state index contributed by atoms with van der Waals surface area (Å²) in [7, 11) is 1.83. The average molecular weight is 284 g/mol. The smallest absolute Gasteiger partial charge is 0.323 e. The van der Waals surface area contributed by atoms with Crippen LogP contribution >= 0.6 is 0 Å². The van der Waals surface area contributed by atoms with E-state index in [1.807, 2.05) is 14.0 Å². The van der Waals surface area contributed by atoms with Crippen LogP contribution in [0.1, 0.15) is 47.0 Å². The summed E-state index contributed by atoms with van der Waals surface area (Å²) < 4.78 is 5.08. The molecule has 4 nitrogen and oxygen atoms in total. The van der Waals surface area contributed by atoms with Gasteiger partial charge in [0.05, 0.1) is 6.61 Å². The lowest BCUT2D eigenvalue weighted by Gasteiger charge is -2.39. The second-order valence-corrected chi connectivity index (χ2v) is 6.86. The largest absolute Gasteiger partial charge is 0.465 e. The number of nitrogens with one attached hydrogen (secondary N) is 1. The predicted octanol–water partition coefficient (Wildman–Crippen LogP) is 2.29. The van der Waals surface area contributed by atoms with Crippen molar-refractivity contribution in [1.82, 2.24) is 10.2 Å². The highest BCUT2D eigenvalue weighted by atomic mass is 16.5. The molecule has 0 saturated carbocycles. The quantitative estimate of drug-likeness (QED) is 0.760. The number of likely N-dealkylation sites (tertiary alicyclic amines) is 1. The summed E-state index contributed by atoms with van der Waals surface area (Å²) in [5.41, 5.74) is 0.421. The number of hydrogen-bond donors (Lipinski definition) is 1. The maximum atomic E-state index is 11.7. The van der Waals surface area contributed by atoms with Gasteiger partial charge in [-0.05, 0) is 57.7 Å². The number of rotatable bonds is 6. The van der Waals surface area contributed by atoms with E-state index >= 15 is 0 Å². The zero-order valence-electron chi connectivity index (χ0n) is 13.9. The molecule has 0 amide bonds. The molecule has 1 unspecified atom stereocenters. The van der Waals surface area contributed by atoms with Gasteiger partial charge in [0.15, 0.2) is 0 Å². The van der Waals surface area contributed by atoms with E-state index in [0.29, 0.717) is 12.0 Å². The fraction of sp³-hybridized carbons (Fsp3) is 0.938. The number of hydrogen-bond acceptors (Lipinski definition) is 4. The summed E-state index contributed by atoms with van der Waals surface area (Å²) in [5, 5.41) is 3.06. The van der Waals surface area contributed by atoms with Crippen molar-refractivity contribution in [2.75, 3.05) is 33.3 Å². The van der Waals surface area contributed by atoms with Crippen LogP contribution in [0.5, 0.6) is 0 Å². The summed E-state index contributed by atoms with van der Waals surface area (Å²) in [5.74, 6) is 0.698. The first-order valence-electron chi connectivity index (χ1n) is 7.94. The summed E-state index contributed by atoms with van der Waals surface area (Å²) in [6, 6.07) is -0.171. The molecule has 20 heavy (non-hydrogen) atoms. The van der Waals surface area contributed by atoms with Crippen molar-refractivity contribution >= 4 is 5.97 Å². The maximum absolute atomic E-state index is 11.7. The van der Waals surface area contributed by atoms with Gasteiger partial charge in [-0.25, -0.2) is 0 Å². The molecule has 1 fully saturated rings. The Bertz CT molecular complexity index is 291. The Hall–Kier alpha value is -0.610. The van der Waals surface area contributed by atoms with Crippen LogP contribution < -0.4 is 5.32 Å². The van der Waals surface area contributed by atoms with Gasteiger partial charge in [-0.3, -0.25) is 4.79 Å². The third-order valence-electron chi connectivity index (χ3n) is 4.47. The van der Waals surface area contributed by atoms with E-state index in [2.05, 4.69) is 31.0 Å². The number of esters is 1. The van der Waals surface area contributed by atoms with Crippen LogP contribution in [0.3, 0.4) is 0 Å². The first kappa shape index (κ1) is 17.4. The molecule has 0 aromatic carbocycles. The van der Waals surface area contributed by atoms with Crippen LogP contribution in [0, 0.1) is 11.3 Å². The van der Waals surface area contributed by atoms with Crippen molar-refractivity contribution in [3.63, 3.8) is 0 Å². The molecular formula is C16H32N2O2. The summed E-state index contributed by atoms with van der Waals surface area (Å²) in [6.45, 7) is 12.6. The molecular weight excluding hydrogens is 252 g/mol. The van der Waals surface area contributed by atoms with Crippen LogP contribution in [0.2, 0.25) is 0 Å². The van der Waals surface area contributed by atoms with Crippen LogP contribution in [-0.2, 0) is 9.53 Å². The lowest BCUT2D eigenvalue weighted by atomic mass is 9.75. The number of carbonyl (C=O) groups is 1. The highest BCUT2D eigenvalue weighted by Gasteiger charge is 2.29. The standard InChI is InChI=1S/C16H32N2O2/c1-6-20-15(19)14(17-5)9-12-18-10-7-13(8-11-18)16(2,3)4/h13-14,17H,6-12H2,1-5H3. The Balaban J connectivity index is 2.31. The van der Waals surface area contributed by atoms with Gasteiger partial charge in [0.2, 0.25) is 0 Å². The molecule has 4 heteroatoms. The van der Waals surface area contributed by atoms with Crippen LogP contribution in [-0.4, -0.2) is 50.2 Å². The lowest BCUT2D eigenvalue weighted by Crippen LogP contribution is -2.42. The monoisotopic (exact) mass is 284 g/mol. The van der Waals surface area contributed by atoms with Crippen molar-refractivity contribution < 1.29 is 9.53 Å². The third-order valence-corrected chi connectivity index (χ3v) is 4.47. The topological polar surface area (TPSA) is 41.6 Å². The van der Waals surface area contributed by atoms with Gasteiger partial charge in [-0.15, -0.1) is 0 Å². The molecule has 0 aliphatic carbocycles.